The van der Waals surface area contributed by atoms with Crippen molar-refractivity contribution in [1.29, 1.82) is 0 Å². The van der Waals surface area contributed by atoms with Gasteiger partial charge in [-0.1, -0.05) is 26.0 Å². The lowest BCUT2D eigenvalue weighted by Gasteiger charge is -2.31. The van der Waals surface area contributed by atoms with E-state index in [2.05, 4.69) is 26.5 Å². The zero-order valence-corrected chi connectivity index (χ0v) is 9.26. The number of carbonyl (C=O) groups is 1. The molecule has 1 aliphatic carbocycles. The molecule has 0 saturated heterocycles. The van der Waals surface area contributed by atoms with Crippen LogP contribution in [0.15, 0.2) is 36.0 Å². The van der Waals surface area contributed by atoms with Crippen LogP contribution < -0.4 is 0 Å². The standard InChI is InChI=1S/C13H18O/c1-5-6-7-12-10(2)8-11(14)9-13(12,3)4/h5,7-8H,1,6,9H2,2-4H3/b12-7-. The van der Waals surface area contributed by atoms with Gasteiger partial charge in [-0.25, -0.2) is 0 Å². The Bertz CT molecular complexity index is 316. The van der Waals surface area contributed by atoms with Gasteiger partial charge < -0.3 is 0 Å². The highest BCUT2D eigenvalue weighted by molar-refractivity contribution is 5.93. The Hall–Kier alpha value is -1.11. The molecule has 1 nitrogen and oxygen atoms in total. The molecule has 0 atom stereocenters. The van der Waals surface area contributed by atoms with E-state index in [4.69, 9.17) is 0 Å². The fourth-order valence-electron chi connectivity index (χ4n) is 2.07. The third kappa shape index (κ3) is 2.22. The fraction of sp³-hybridized carbons (Fsp3) is 0.462. The predicted octanol–water partition coefficient (Wildman–Crippen LogP) is 3.43. The van der Waals surface area contributed by atoms with Gasteiger partial charge in [-0.15, -0.1) is 6.58 Å². The van der Waals surface area contributed by atoms with Gasteiger partial charge >= 0.3 is 0 Å². The molecule has 0 radical (unpaired) electrons. The number of allylic oxidation sites excluding steroid dienone is 5. The Balaban J connectivity index is 3.06. The molecule has 0 aromatic heterocycles. The van der Waals surface area contributed by atoms with Crippen molar-refractivity contribution in [1.82, 2.24) is 0 Å². The van der Waals surface area contributed by atoms with Crippen LogP contribution in [0.5, 0.6) is 0 Å². The summed E-state index contributed by atoms with van der Waals surface area (Å²) in [7, 11) is 0. The molecule has 0 fully saturated rings. The largest absolute Gasteiger partial charge is 0.295 e. The SMILES string of the molecule is C=CC/C=C1/C(C)=CC(=O)CC1(C)C. The molecular formula is C13H18O. The van der Waals surface area contributed by atoms with Gasteiger partial charge in [0.15, 0.2) is 5.78 Å². The van der Waals surface area contributed by atoms with E-state index in [0.717, 1.165) is 12.0 Å². The maximum atomic E-state index is 11.4. The molecule has 1 rings (SSSR count). The first-order chi connectivity index (χ1) is 6.47. The van der Waals surface area contributed by atoms with E-state index in [-0.39, 0.29) is 11.2 Å². The maximum absolute atomic E-state index is 11.4. The molecular weight excluding hydrogens is 172 g/mol. The molecule has 0 aliphatic heterocycles. The summed E-state index contributed by atoms with van der Waals surface area (Å²) in [6.07, 6.45) is 7.30. The van der Waals surface area contributed by atoms with Gasteiger partial charge in [0.2, 0.25) is 0 Å². The molecule has 1 aliphatic rings. The molecule has 0 amide bonds. The average Bonchev–Trinajstić information content (AvgIpc) is 2.00. The third-order valence-electron chi connectivity index (χ3n) is 2.64. The summed E-state index contributed by atoms with van der Waals surface area (Å²) in [6, 6.07) is 0. The van der Waals surface area contributed by atoms with Crippen molar-refractivity contribution < 1.29 is 4.79 Å². The minimum atomic E-state index is -0.0150. The van der Waals surface area contributed by atoms with Crippen molar-refractivity contribution >= 4 is 5.78 Å². The van der Waals surface area contributed by atoms with Crippen LogP contribution in [0.3, 0.4) is 0 Å². The molecule has 76 valence electrons. The highest BCUT2D eigenvalue weighted by Crippen LogP contribution is 2.39. The van der Waals surface area contributed by atoms with Crippen molar-refractivity contribution in [2.24, 2.45) is 5.41 Å². The minimum absolute atomic E-state index is 0.0150. The summed E-state index contributed by atoms with van der Waals surface area (Å²) in [4.78, 5) is 11.4. The van der Waals surface area contributed by atoms with Gasteiger partial charge in [0.1, 0.15) is 0 Å². The second-order valence-electron chi connectivity index (χ2n) is 4.50. The zero-order chi connectivity index (χ0) is 10.8. The second-order valence-corrected chi connectivity index (χ2v) is 4.50. The van der Waals surface area contributed by atoms with Crippen LogP contribution in [0.4, 0.5) is 0 Å². The number of rotatable bonds is 2. The summed E-state index contributed by atoms with van der Waals surface area (Å²) in [5, 5.41) is 0. The van der Waals surface area contributed by atoms with Gasteiger partial charge in [-0.2, -0.15) is 0 Å². The second kappa shape index (κ2) is 3.95. The quantitative estimate of drug-likeness (QED) is 0.610. The summed E-state index contributed by atoms with van der Waals surface area (Å²) >= 11 is 0. The normalized spacial score (nSPS) is 23.5. The van der Waals surface area contributed by atoms with Gasteiger partial charge in [-0.05, 0) is 36.0 Å². The van der Waals surface area contributed by atoms with Crippen molar-refractivity contribution in [3.8, 4) is 0 Å². The topological polar surface area (TPSA) is 17.1 Å². The Morgan fingerprint density at radius 3 is 2.71 bits per heavy atom. The van der Waals surface area contributed by atoms with E-state index >= 15 is 0 Å². The molecule has 0 aromatic carbocycles. The van der Waals surface area contributed by atoms with Crippen molar-refractivity contribution in [2.75, 3.05) is 0 Å². The van der Waals surface area contributed by atoms with Crippen LogP contribution in [0.25, 0.3) is 0 Å². The molecule has 0 saturated carbocycles. The Labute approximate surface area is 86.2 Å². The van der Waals surface area contributed by atoms with E-state index in [0.29, 0.717) is 6.42 Å². The third-order valence-corrected chi connectivity index (χ3v) is 2.64. The zero-order valence-electron chi connectivity index (χ0n) is 9.26. The lowest BCUT2D eigenvalue weighted by molar-refractivity contribution is -0.116. The summed E-state index contributed by atoms with van der Waals surface area (Å²) in [5.74, 6) is 0.239. The average molecular weight is 190 g/mol. The molecule has 0 heterocycles. The molecule has 0 bridgehead atoms. The maximum Gasteiger partial charge on any atom is 0.156 e. The lowest BCUT2D eigenvalue weighted by Crippen LogP contribution is -2.24. The number of hydrogen-bond acceptors (Lipinski definition) is 1. The van der Waals surface area contributed by atoms with Crippen LogP contribution >= 0.6 is 0 Å². The van der Waals surface area contributed by atoms with Gasteiger partial charge in [-0.3, -0.25) is 4.79 Å². The van der Waals surface area contributed by atoms with Crippen LogP contribution in [0.1, 0.15) is 33.6 Å². The highest BCUT2D eigenvalue weighted by Gasteiger charge is 2.30. The van der Waals surface area contributed by atoms with Gasteiger partial charge in [0.05, 0.1) is 0 Å². The molecule has 0 aromatic rings. The summed E-state index contributed by atoms with van der Waals surface area (Å²) in [6.45, 7) is 9.95. The van der Waals surface area contributed by atoms with Gasteiger partial charge in [0.25, 0.3) is 0 Å². The molecule has 14 heavy (non-hydrogen) atoms. The highest BCUT2D eigenvalue weighted by atomic mass is 16.1. The summed E-state index contributed by atoms with van der Waals surface area (Å²) in [5.41, 5.74) is 2.38. The number of ketones is 1. The molecule has 1 heteroatoms. The summed E-state index contributed by atoms with van der Waals surface area (Å²) < 4.78 is 0. The van der Waals surface area contributed by atoms with Crippen molar-refractivity contribution in [3.05, 3.63) is 36.0 Å². The smallest absolute Gasteiger partial charge is 0.156 e. The lowest BCUT2D eigenvalue weighted by atomic mass is 9.72. The van der Waals surface area contributed by atoms with E-state index in [9.17, 15) is 4.79 Å². The van der Waals surface area contributed by atoms with E-state index in [1.807, 2.05) is 13.0 Å². The van der Waals surface area contributed by atoms with Crippen molar-refractivity contribution in [2.45, 2.75) is 33.6 Å². The first-order valence-corrected chi connectivity index (χ1v) is 5.00. The van der Waals surface area contributed by atoms with Gasteiger partial charge in [0, 0.05) is 6.42 Å². The minimum Gasteiger partial charge on any atom is -0.295 e. The van der Waals surface area contributed by atoms with E-state index < -0.39 is 0 Å². The Morgan fingerprint density at radius 1 is 1.57 bits per heavy atom. The van der Waals surface area contributed by atoms with Crippen LogP contribution in [0, 0.1) is 5.41 Å². The fourth-order valence-corrected chi connectivity index (χ4v) is 2.07. The predicted molar refractivity (Wildman–Crippen MR) is 60.1 cm³/mol. The first-order valence-electron chi connectivity index (χ1n) is 5.00. The Morgan fingerprint density at radius 2 is 2.21 bits per heavy atom. The molecule has 0 spiro atoms. The van der Waals surface area contributed by atoms with Crippen LogP contribution in [0.2, 0.25) is 0 Å². The number of carbonyl (C=O) groups excluding carboxylic acids is 1. The van der Waals surface area contributed by atoms with E-state index in [1.54, 1.807) is 6.08 Å². The molecule has 0 unspecified atom stereocenters. The van der Waals surface area contributed by atoms with Crippen molar-refractivity contribution in [3.63, 3.8) is 0 Å². The van der Waals surface area contributed by atoms with Crippen LogP contribution in [-0.4, -0.2) is 5.78 Å². The monoisotopic (exact) mass is 190 g/mol. The number of hydrogen-bond donors (Lipinski definition) is 0. The van der Waals surface area contributed by atoms with Crippen LogP contribution in [-0.2, 0) is 4.79 Å². The Kier molecular flexibility index (Phi) is 3.10. The molecule has 0 N–H and O–H groups in total. The first kappa shape index (κ1) is 11.0. The van der Waals surface area contributed by atoms with E-state index in [1.165, 1.54) is 5.57 Å².